The van der Waals surface area contributed by atoms with Crippen molar-refractivity contribution in [3.63, 3.8) is 0 Å². The molecule has 0 amide bonds. The molecule has 1 aromatic rings. The van der Waals surface area contributed by atoms with Crippen LogP contribution in [-0.4, -0.2) is 37.7 Å². The Balaban J connectivity index is 2.42. The lowest BCUT2D eigenvalue weighted by Gasteiger charge is -2.10. The highest BCUT2D eigenvalue weighted by molar-refractivity contribution is 7.09. The number of nitrogens with zero attached hydrogens (tertiary/aromatic N) is 2. The summed E-state index contributed by atoms with van der Waals surface area (Å²) in [5.41, 5.74) is 0. The first kappa shape index (κ1) is 13.7. The number of aliphatic imine (C=N–C) groups is 1. The van der Waals surface area contributed by atoms with Crippen LogP contribution < -0.4 is 10.6 Å². The van der Waals surface area contributed by atoms with Crippen LogP contribution in [0.2, 0.25) is 0 Å². The molecule has 0 saturated carbocycles. The Morgan fingerprint density at radius 3 is 3.18 bits per heavy atom. The SMILES string of the molecule is C=CCNC(=NCc1nccs1)NCCOC. The predicted molar refractivity (Wildman–Crippen MR) is 71.3 cm³/mol. The Morgan fingerprint density at radius 2 is 2.53 bits per heavy atom. The zero-order chi connectivity index (χ0) is 12.3. The highest BCUT2D eigenvalue weighted by atomic mass is 32.1. The van der Waals surface area contributed by atoms with E-state index >= 15 is 0 Å². The van der Waals surface area contributed by atoms with Gasteiger partial charge in [0, 0.05) is 31.8 Å². The zero-order valence-electron chi connectivity index (χ0n) is 9.98. The van der Waals surface area contributed by atoms with Crippen molar-refractivity contribution in [3.05, 3.63) is 29.2 Å². The lowest BCUT2D eigenvalue weighted by Crippen LogP contribution is -2.39. The Kier molecular flexibility index (Phi) is 7.01. The molecule has 2 N–H and O–H groups in total. The summed E-state index contributed by atoms with van der Waals surface area (Å²) < 4.78 is 4.97. The summed E-state index contributed by atoms with van der Waals surface area (Å²) >= 11 is 1.60. The van der Waals surface area contributed by atoms with Gasteiger partial charge in [-0.25, -0.2) is 9.98 Å². The third-order valence-corrected chi connectivity index (χ3v) is 2.63. The van der Waals surface area contributed by atoms with E-state index in [1.165, 1.54) is 0 Å². The number of nitrogens with one attached hydrogen (secondary N) is 2. The van der Waals surface area contributed by atoms with Crippen molar-refractivity contribution in [3.8, 4) is 0 Å². The second kappa shape index (κ2) is 8.72. The van der Waals surface area contributed by atoms with Gasteiger partial charge in [0.15, 0.2) is 5.96 Å². The quantitative estimate of drug-likeness (QED) is 0.330. The van der Waals surface area contributed by atoms with Crippen molar-refractivity contribution < 1.29 is 4.74 Å². The van der Waals surface area contributed by atoms with Crippen LogP contribution in [0.3, 0.4) is 0 Å². The molecule has 0 aromatic carbocycles. The van der Waals surface area contributed by atoms with E-state index in [0.717, 1.165) is 17.5 Å². The molecule has 6 heteroatoms. The van der Waals surface area contributed by atoms with Crippen LogP contribution in [0.5, 0.6) is 0 Å². The fourth-order valence-corrected chi connectivity index (χ4v) is 1.63. The van der Waals surface area contributed by atoms with Gasteiger partial charge in [0.2, 0.25) is 0 Å². The van der Waals surface area contributed by atoms with Crippen LogP contribution in [0.25, 0.3) is 0 Å². The molecule has 94 valence electrons. The molecule has 0 spiro atoms. The van der Waals surface area contributed by atoms with Crippen LogP contribution in [0.15, 0.2) is 29.2 Å². The van der Waals surface area contributed by atoms with Crippen LogP contribution in [0, 0.1) is 0 Å². The fourth-order valence-electron chi connectivity index (χ4n) is 1.09. The lowest BCUT2D eigenvalue weighted by atomic mass is 10.6. The Hall–Kier alpha value is -1.40. The molecule has 1 heterocycles. The molecule has 0 radical (unpaired) electrons. The molecule has 17 heavy (non-hydrogen) atoms. The number of methoxy groups -OCH3 is 1. The topological polar surface area (TPSA) is 58.5 Å². The minimum Gasteiger partial charge on any atom is -0.383 e. The number of rotatable bonds is 7. The molecular weight excluding hydrogens is 236 g/mol. The smallest absolute Gasteiger partial charge is 0.192 e. The van der Waals surface area contributed by atoms with Crippen molar-refractivity contribution >= 4 is 17.3 Å². The van der Waals surface area contributed by atoms with Gasteiger partial charge < -0.3 is 15.4 Å². The molecule has 0 aliphatic rings. The first-order chi connectivity index (χ1) is 8.36. The summed E-state index contributed by atoms with van der Waals surface area (Å²) in [6, 6.07) is 0. The van der Waals surface area contributed by atoms with E-state index in [0.29, 0.717) is 19.7 Å². The maximum Gasteiger partial charge on any atom is 0.192 e. The fraction of sp³-hybridized carbons (Fsp3) is 0.455. The number of guanidine groups is 1. The number of aromatic nitrogens is 1. The second-order valence-corrected chi connectivity index (χ2v) is 4.16. The molecular formula is C11H18N4OS. The van der Waals surface area contributed by atoms with Crippen molar-refractivity contribution in [1.29, 1.82) is 0 Å². The van der Waals surface area contributed by atoms with Crippen molar-refractivity contribution in [1.82, 2.24) is 15.6 Å². The highest BCUT2D eigenvalue weighted by Crippen LogP contribution is 2.04. The van der Waals surface area contributed by atoms with Gasteiger partial charge in [0.1, 0.15) is 5.01 Å². The first-order valence-electron chi connectivity index (χ1n) is 5.37. The highest BCUT2D eigenvalue weighted by Gasteiger charge is 1.98. The molecule has 0 saturated heterocycles. The van der Waals surface area contributed by atoms with Crippen LogP contribution in [-0.2, 0) is 11.3 Å². The molecule has 1 rings (SSSR count). The monoisotopic (exact) mass is 254 g/mol. The van der Waals surface area contributed by atoms with E-state index in [1.807, 2.05) is 5.38 Å². The van der Waals surface area contributed by atoms with Crippen molar-refractivity contribution in [2.45, 2.75) is 6.54 Å². The van der Waals surface area contributed by atoms with Gasteiger partial charge in [0.25, 0.3) is 0 Å². The van der Waals surface area contributed by atoms with Gasteiger partial charge in [-0.2, -0.15) is 0 Å². The minimum absolute atomic E-state index is 0.580. The molecule has 1 aromatic heterocycles. The normalized spacial score (nSPS) is 11.2. The Morgan fingerprint density at radius 1 is 1.65 bits per heavy atom. The van der Waals surface area contributed by atoms with Gasteiger partial charge in [-0.1, -0.05) is 6.08 Å². The summed E-state index contributed by atoms with van der Waals surface area (Å²) in [4.78, 5) is 8.59. The summed E-state index contributed by atoms with van der Waals surface area (Å²) in [6.07, 6.45) is 3.57. The Labute approximate surface area is 106 Å². The average Bonchev–Trinajstić information content (AvgIpc) is 2.85. The number of thiazole rings is 1. The average molecular weight is 254 g/mol. The van der Waals surface area contributed by atoms with Crippen LogP contribution in [0.4, 0.5) is 0 Å². The van der Waals surface area contributed by atoms with Crippen molar-refractivity contribution in [2.75, 3.05) is 26.8 Å². The summed E-state index contributed by atoms with van der Waals surface area (Å²) in [5, 5.41) is 9.23. The van der Waals surface area contributed by atoms with Gasteiger partial charge in [-0.15, -0.1) is 17.9 Å². The lowest BCUT2D eigenvalue weighted by molar-refractivity contribution is 0.203. The van der Waals surface area contributed by atoms with E-state index in [2.05, 4.69) is 27.2 Å². The zero-order valence-corrected chi connectivity index (χ0v) is 10.8. The van der Waals surface area contributed by atoms with Crippen molar-refractivity contribution in [2.24, 2.45) is 4.99 Å². The molecule has 0 aliphatic heterocycles. The largest absolute Gasteiger partial charge is 0.383 e. The molecule has 0 fully saturated rings. The number of ether oxygens (including phenoxy) is 1. The summed E-state index contributed by atoms with van der Waals surface area (Å²) in [5.74, 6) is 0.747. The standard InChI is InChI=1S/C11H18N4OS/c1-3-4-13-11(14-5-7-16-2)15-9-10-12-6-8-17-10/h3,6,8H,1,4-5,7,9H2,2H3,(H2,13,14,15). The predicted octanol–water partition coefficient (Wildman–Crippen LogP) is 1.01. The van der Waals surface area contributed by atoms with E-state index in [9.17, 15) is 0 Å². The first-order valence-corrected chi connectivity index (χ1v) is 6.25. The van der Waals surface area contributed by atoms with Gasteiger partial charge >= 0.3 is 0 Å². The Bertz CT molecular complexity index is 337. The second-order valence-electron chi connectivity index (χ2n) is 3.18. The van der Waals surface area contributed by atoms with E-state index in [-0.39, 0.29) is 0 Å². The summed E-state index contributed by atoms with van der Waals surface area (Å²) in [7, 11) is 1.67. The maximum absolute atomic E-state index is 4.97. The molecule has 0 atom stereocenters. The van der Waals surface area contributed by atoms with Gasteiger partial charge in [-0.3, -0.25) is 0 Å². The minimum atomic E-state index is 0.580. The molecule has 5 nitrogen and oxygen atoms in total. The third kappa shape index (κ3) is 6.03. The number of hydrogen-bond donors (Lipinski definition) is 2. The number of hydrogen-bond acceptors (Lipinski definition) is 4. The van der Waals surface area contributed by atoms with E-state index in [1.54, 1.807) is 30.7 Å². The van der Waals surface area contributed by atoms with E-state index < -0.39 is 0 Å². The van der Waals surface area contributed by atoms with Crippen LogP contribution >= 0.6 is 11.3 Å². The molecule has 0 aliphatic carbocycles. The van der Waals surface area contributed by atoms with Crippen LogP contribution in [0.1, 0.15) is 5.01 Å². The molecule has 0 bridgehead atoms. The van der Waals surface area contributed by atoms with E-state index in [4.69, 9.17) is 4.74 Å². The maximum atomic E-state index is 4.97. The summed E-state index contributed by atoms with van der Waals surface area (Å²) in [6.45, 7) is 6.28. The van der Waals surface area contributed by atoms with Gasteiger partial charge in [0.05, 0.1) is 13.2 Å². The molecule has 0 unspecified atom stereocenters. The third-order valence-electron chi connectivity index (χ3n) is 1.87. The van der Waals surface area contributed by atoms with Gasteiger partial charge in [-0.05, 0) is 0 Å².